The fraction of sp³-hybridized carbons (Fsp3) is 0.400. The summed E-state index contributed by atoms with van der Waals surface area (Å²) in [6.45, 7) is 3.82. The normalized spacial score (nSPS) is 22.5. The largest absolute Gasteiger partial charge is 0.487 e. The van der Waals surface area contributed by atoms with Crippen LogP contribution in [0.15, 0.2) is 42.7 Å². The van der Waals surface area contributed by atoms with Gasteiger partial charge in [0, 0.05) is 40.9 Å². The fourth-order valence-corrected chi connectivity index (χ4v) is 5.01. The van der Waals surface area contributed by atoms with Gasteiger partial charge in [-0.2, -0.15) is 0 Å². The van der Waals surface area contributed by atoms with Crippen molar-refractivity contribution in [2.75, 3.05) is 0 Å². The van der Waals surface area contributed by atoms with E-state index in [1.165, 1.54) is 18.2 Å². The Morgan fingerprint density at radius 3 is 2.45 bits per heavy atom. The third kappa shape index (κ3) is 4.01. The first kappa shape index (κ1) is 21.6. The molecule has 2 aromatic carbocycles. The molecule has 0 spiro atoms. The van der Waals surface area contributed by atoms with Gasteiger partial charge in [0.15, 0.2) is 11.6 Å². The van der Waals surface area contributed by atoms with E-state index in [2.05, 4.69) is 4.98 Å². The number of pyridine rings is 1. The van der Waals surface area contributed by atoms with E-state index < -0.39 is 22.9 Å². The first-order valence-corrected chi connectivity index (χ1v) is 10.8. The molecule has 1 aliphatic rings. The molecule has 6 heteroatoms. The van der Waals surface area contributed by atoms with Crippen LogP contribution in [-0.2, 0) is 5.41 Å². The van der Waals surface area contributed by atoms with Gasteiger partial charge in [-0.1, -0.05) is 6.92 Å². The molecule has 1 atom stereocenters. The van der Waals surface area contributed by atoms with Crippen LogP contribution >= 0.6 is 0 Å². The smallest absolute Gasteiger partial charge is 0.166 e. The molecule has 1 heterocycles. The number of nitrogens with zero attached hydrogens (tertiary/aromatic N) is 1. The van der Waals surface area contributed by atoms with Crippen molar-refractivity contribution in [3.05, 3.63) is 71.3 Å². The Balaban J connectivity index is 1.59. The minimum absolute atomic E-state index is 0.192. The lowest BCUT2D eigenvalue weighted by Gasteiger charge is -2.44. The predicted octanol–water partition coefficient (Wildman–Crippen LogP) is 5.96. The van der Waals surface area contributed by atoms with Gasteiger partial charge in [-0.05, 0) is 74.2 Å². The first-order chi connectivity index (χ1) is 14.8. The number of fused-ring (bicyclic) bond motifs is 1. The Morgan fingerprint density at radius 1 is 1.13 bits per heavy atom. The third-order valence-corrected chi connectivity index (χ3v) is 6.79. The maximum Gasteiger partial charge on any atom is 0.166 e. The summed E-state index contributed by atoms with van der Waals surface area (Å²) in [4.78, 5) is 4.05. The van der Waals surface area contributed by atoms with Crippen LogP contribution in [0.5, 0.6) is 5.75 Å². The Hall–Kier alpha value is -2.60. The van der Waals surface area contributed by atoms with E-state index in [1.807, 2.05) is 19.9 Å². The summed E-state index contributed by atoms with van der Waals surface area (Å²) in [6.07, 6.45) is 6.29. The number of benzene rings is 2. The summed E-state index contributed by atoms with van der Waals surface area (Å²) in [6, 6.07) is 6.72. The minimum atomic E-state index is -0.598. The number of aryl methyl sites for hydroxylation is 1. The molecular formula is C25H27F3N2O. The van der Waals surface area contributed by atoms with Gasteiger partial charge in [0.25, 0.3) is 0 Å². The summed E-state index contributed by atoms with van der Waals surface area (Å²) in [5, 5.41) is 1.63. The number of hydrogen-bond donors (Lipinski definition) is 1. The van der Waals surface area contributed by atoms with Crippen LogP contribution in [-0.4, -0.2) is 17.1 Å². The molecule has 4 rings (SSSR count). The fourth-order valence-electron chi connectivity index (χ4n) is 5.01. The quantitative estimate of drug-likeness (QED) is 0.546. The van der Waals surface area contributed by atoms with Gasteiger partial charge in [0.1, 0.15) is 11.6 Å². The molecule has 3 nitrogen and oxygen atoms in total. The summed E-state index contributed by atoms with van der Waals surface area (Å²) in [5.41, 5.74) is 7.28. The van der Waals surface area contributed by atoms with E-state index in [0.717, 1.165) is 22.4 Å². The molecule has 0 saturated heterocycles. The number of halogens is 3. The van der Waals surface area contributed by atoms with Crippen molar-refractivity contribution in [3.63, 3.8) is 0 Å². The number of hydrogen-bond acceptors (Lipinski definition) is 3. The van der Waals surface area contributed by atoms with Gasteiger partial charge >= 0.3 is 0 Å². The summed E-state index contributed by atoms with van der Waals surface area (Å²) >= 11 is 0. The Labute approximate surface area is 180 Å². The van der Waals surface area contributed by atoms with Gasteiger partial charge in [-0.15, -0.1) is 0 Å². The SMILES string of the molecule is CCC(N)[C@]1(c2cc(F)cc(F)c2)CC[C@H](Oc2c(F)cc3cnccc3c2C)CC1. The molecule has 0 amide bonds. The number of ether oxygens (including phenoxy) is 1. The van der Waals surface area contributed by atoms with Gasteiger partial charge in [0.2, 0.25) is 0 Å². The minimum Gasteiger partial charge on any atom is -0.487 e. The highest BCUT2D eigenvalue weighted by atomic mass is 19.1. The Bertz CT molecular complexity index is 1070. The van der Waals surface area contributed by atoms with Crippen LogP contribution in [0.1, 0.15) is 50.2 Å². The zero-order chi connectivity index (χ0) is 22.2. The van der Waals surface area contributed by atoms with Crippen molar-refractivity contribution in [2.45, 2.75) is 63.5 Å². The zero-order valence-corrected chi connectivity index (χ0v) is 17.8. The molecule has 3 aromatic rings. The van der Waals surface area contributed by atoms with Crippen LogP contribution in [0.4, 0.5) is 13.2 Å². The van der Waals surface area contributed by atoms with Crippen molar-refractivity contribution >= 4 is 10.8 Å². The van der Waals surface area contributed by atoms with Crippen molar-refractivity contribution in [3.8, 4) is 5.75 Å². The summed E-state index contributed by atoms with van der Waals surface area (Å²) in [7, 11) is 0. The second kappa shape index (κ2) is 8.50. The van der Waals surface area contributed by atoms with E-state index >= 15 is 0 Å². The van der Waals surface area contributed by atoms with E-state index in [-0.39, 0.29) is 17.9 Å². The zero-order valence-electron chi connectivity index (χ0n) is 17.8. The first-order valence-electron chi connectivity index (χ1n) is 10.8. The topological polar surface area (TPSA) is 48.1 Å². The molecule has 1 unspecified atom stereocenters. The second-order valence-electron chi connectivity index (χ2n) is 8.56. The van der Waals surface area contributed by atoms with E-state index in [4.69, 9.17) is 10.5 Å². The summed E-state index contributed by atoms with van der Waals surface area (Å²) in [5.74, 6) is -1.35. The Kier molecular flexibility index (Phi) is 5.93. The molecule has 164 valence electrons. The predicted molar refractivity (Wildman–Crippen MR) is 116 cm³/mol. The molecule has 0 bridgehead atoms. The van der Waals surface area contributed by atoms with E-state index in [9.17, 15) is 13.2 Å². The van der Waals surface area contributed by atoms with Crippen molar-refractivity contribution < 1.29 is 17.9 Å². The standard InChI is InChI=1S/C25H27F3N2O/c1-3-23(29)25(17-11-18(26)13-19(27)12-17)7-4-20(5-8-25)31-24-15(2)21-6-9-30-14-16(21)10-22(24)28/h6,9-14,20,23H,3-5,7-8,29H2,1-2H3/t20-,23?,25+. The van der Waals surface area contributed by atoms with Crippen LogP contribution < -0.4 is 10.5 Å². The maximum absolute atomic E-state index is 14.8. The number of nitrogens with two attached hydrogens (primary N) is 1. The molecular weight excluding hydrogens is 401 g/mol. The molecule has 0 aliphatic heterocycles. The average Bonchev–Trinajstić information content (AvgIpc) is 2.76. The molecule has 0 radical (unpaired) electrons. The number of rotatable bonds is 5. The molecule has 1 aliphatic carbocycles. The van der Waals surface area contributed by atoms with Crippen molar-refractivity contribution in [1.29, 1.82) is 0 Å². The Morgan fingerprint density at radius 2 is 1.81 bits per heavy atom. The molecule has 1 fully saturated rings. The second-order valence-corrected chi connectivity index (χ2v) is 8.56. The lowest BCUT2D eigenvalue weighted by atomic mass is 9.64. The summed E-state index contributed by atoms with van der Waals surface area (Å²) < 4.78 is 48.8. The van der Waals surface area contributed by atoms with Crippen LogP contribution in [0, 0.1) is 24.4 Å². The number of aromatic nitrogens is 1. The van der Waals surface area contributed by atoms with Crippen LogP contribution in [0.3, 0.4) is 0 Å². The average molecular weight is 428 g/mol. The lowest BCUT2D eigenvalue weighted by Crippen LogP contribution is -2.49. The van der Waals surface area contributed by atoms with Gasteiger partial charge < -0.3 is 10.5 Å². The highest BCUT2D eigenvalue weighted by molar-refractivity contribution is 5.86. The highest BCUT2D eigenvalue weighted by Gasteiger charge is 2.42. The lowest BCUT2D eigenvalue weighted by molar-refractivity contribution is 0.0991. The van der Waals surface area contributed by atoms with E-state index in [0.29, 0.717) is 37.7 Å². The maximum atomic E-state index is 14.8. The van der Waals surface area contributed by atoms with Gasteiger partial charge in [-0.25, -0.2) is 13.2 Å². The van der Waals surface area contributed by atoms with Crippen LogP contribution in [0.25, 0.3) is 10.8 Å². The highest BCUT2D eigenvalue weighted by Crippen LogP contribution is 2.44. The van der Waals surface area contributed by atoms with Crippen molar-refractivity contribution in [2.24, 2.45) is 5.73 Å². The molecule has 1 aromatic heterocycles. The van der Waals surface area contributed by atoms with Gasteiger partial charge in [-0.3, -0.25) is 4.98 Å². The third-order valence-electron chi connectivity index (χ3n) is 6.79. The van der Waals surface area contributed by atoms with E-state index in [1.54, 1.807) is 12.4 Å². The molecule has 1 saturated carbocycles. The van der Waals surface area contributed by atoms with Crippen molar-refractivity contribution in [1.82, 2.24) is 4.98 Å². The molecule has 2 N–H and O–H groups in total. The van der Waals surface area contributed by atoms with Crippen LogP contribution in [0.2, 0.25) is 0 Å². The monoisotopic (exact) mass is 428 g/mol. The molecule has 31 heavy (non-hydrogen) atoms. The van der Waals surface area contributed by atoms with Gasteiger partial charge in [0.05, 0.1) is 6.10 Å².